The maximum atomic E-state index is 3.96. The highest BCUT2D eigenvalue weighted by molar-refractivity contribution is 7.98. The lowest BCUT2D eigenvalue weighted by Crippen LogP contribution is -1.84. The number of nitrogens with one attached hydrogen (secondary N) is 1. The molecule has 2 aromatic rings. The molecule has 0 aromatic carbocycles. The fourth-order valence-electron chi connectivity index (χ4n) is 0.832. The highest BCUT2D eigenvalue weighted by Gasteiger charge is 1.98. The highest BCUT2D eigenvalue weighted by Crippen LogP contribution is 2.13. The Kier molecular flexibility index (Phi) is 1.50. The molecular formula is C6H6N4S. The summed E-state index contributed by atoms with van der Waals surface area (Å²) in [5.41, 5.74) is 1.60. The first-order valence-corrected chi connectivity index (χ1v) is 4.33. The molecule has 2 aromatic heterocycles. The van der Waals surface area contributed by atoms with Gasteiger partial charge in [-0.15, -0.1) is 22.0 Å². The molecule has 2 rings (SSSR count). The zero-order valence-corrected chi connectivity index (χ0v) is 6.72. The number of fused-ring (bicyclic) bond motifs is 1. The van der Waals surface area contributed by atoms with Crippen LogP contribution in [0.3, 0.4) is 0 Å². The van der Waals surface area contributed by atoms with Crippen molar-refractivity contribution in [3.05, 3.63) is 12.4 Å². The normalized spacial score (nSPS) is 10.6. The van der Waals surface area contributed by atoms with Crippen LogP contribution in [0, 0.1) is 0 Å². The number of aromatic nitrogens is 4. The molecule has 0 unspecified atom stereocenters. The molecule has 0 bridgehead atoms. The van der Waals surface area contributed by atoms with E-state index >= 15 is 0 Å². The van der Waals surface area contributed by atoms with Crippen molar-refractivity contribution in [1.82, 2.24) is 20.2 Å². The van der Waals surface area contributed by atoms with Crippen LogP contribution in [0.5, 0.6) is 0 Å². The van der Waals surface area contributed by atoms with Crippen molar-refractivity contribution >= 4 is 22.9 Å². The van der Waals surface area contributed by atoms with Gasteiger partial charge in [-0.05, 0) is 12.3 Å². The molecule has 11 heavy (non-hydrogen) atoms. The molecule has 0 aliphatic rings. The molecule has 56 valence electrons. The van der Waals surface area contributed by atoms with E-state index in [0.717, 1.165) is 10.5 Å². The van der Waals surface area contributed by atoms with Gasteiger partial charge in [0.05, 0.1) is 11.8 Å². The van der Waals surface area contributed by atoms with Gasteiger partial charge >= 0.3 is 0 Å². The standard InChI is InChI=1S/C6H6N4S/c1-11-5-2-4-6(10-9-5)8-3-7-4/h2-3H,1H3,(H,7,8,10). The Labute approximate surface area is 67.4 Å². The van der Waals surface area contributed by atoms with Crippen molar-refractivity contribution in [3.8, 4) is 0 Å². The monoisotopic (exact) mass is 166 g/mol. The quantitative estimate of drug-likeness (QED) is 0.644. The first-order valence-electron chi connectivity index (χ1n) is 3.11. The third-order valence-electron chi connectivity index (χ3n) is 1.37. The number of rotatable bonds is 1. The zero-order valence-electron chi connectivity index (χ0n) is 5.90. The summed E-state index contributed by atoms with van der Waals surface area (Å²) in [6, 6.07) is 1.93. The summed E-state index contributed by atoms with van der Waals surface area (Å²) >= 11 is 1.57. The second kappa shape index (κ2) is 2.50. The lowest BCUT2D eigenvalue weighted by Gasteiger charge is -1.90. The lowest BCUT2D eigenvalue weighted by molar-refractivity contribution is 0.957. The van der Waals surface area contributed by atoms with Gasteiger partial charge < -0.3 is 4.98 Å². The average Bonchev–Trinajstić information content (AvgIpc) is 2.50. The molecule has 2 heterocycles. The summed E-state index contributed by atoms with van der Waals surface area (Å²) in [5, 5.41) is 8.73. The summed E-state index contributed by atoms with van der Waals surface area (Å²) in [4.78, 5) is 6.92. The Morgan fingerprint density at radius 2 is 2.36 bits per heavy atom. The topological polar surface area (TPSA) is 54.5 Å². The largest absolute Gasteiger partial charge is 0.343 e. The third-order valence-corrected chi connectivity index (χ3v) is 1.99. The first kappa shape index (κ1) is 6.60. The average molecular weight is 166 g/mol. The van der Waals surface area contributed by atoms with Crippen LogP contribution in [0.4, 0.5) is 0 Å². The van der Waals surface area contributed by atoms with Gasteiger partial charge in [0.2, 0.25) is 0 Å². The van der Waals surface area contributed by atoms with Crippen molar-refractivity contribution in [1.29, 1.82) is 0 Å². The van der Waals surface area contributed by atoms with Crippen LogP contribution in [0.1, 0.15) is 0 Å². The van der Waals surface area contributed by atoms with Crippen LogP contribution in [0.2, 0.25) is 0 Å². The van der Waals surface area contributed by atoms with Crippen LogP contribution in [0.25, 0.3) is 11.2 Å². The minimum Gasteiger partial charge on any atom is -0.343 e. The van der Waals surface area contributed by atoms with E-state index in [1.54, 1.807) is 18.1 Å². The van der Waals surface area contributed by atoms with Crippen LogP contribution in [-0.2, 0) is 0 Å². The van der Waals surface area contributed by atoms with Gasteiger partial charge in [-0.25, -0.2) is 4.98 Å². The lowest BCUT2D eigenvalue weighted by atomic mass is 10.5. The van der Waals surface area contributed by atoms with E-state index in [0.29, 0.717) is 5.65 Å². The van der Waals surface area contributed by atoms with Gasteiger partial charge in [-0.2, -0.15) is 0 Å². The van der Waals surface area contributed by atoms with Crippen LogP contribution >= 0.6 is 11.8 Å². The molecule has 0 spiro atoms. The Bertz CT molecular complexity index is 369. The number of thioether (sulfide) groups is 1. The molecule has 0 atom stereocenters. The van der Waals surface area contributed by atoms with Crippen molar-refractivity contribution < 1.29 is 0 Å². The molecule has 0 saturated carbocycles. The molecule has 0 amide bonds. The summed E-state index contributed by atoms with van der Waals surface area (Å²) in [7, 11) is 0. The SMILES string of the molecule is CSc1cc2[nH]cnc2nn1. The Morgan fingerprint density at radius 1 is 1.45 bits per heavy atom. The second-order valence-electron chi connectivity index (χ2n) is 2.03. The van der Waals surface area contributed by atoms with E-state index in [4.69, 9.17) is 0 Å². The fourth-order valence-corrected chi connectivity index (χ4v) is 1.19. The third kappa shape index (κ3) is 1.07. The molecule has 0 aliphatic heterocycles. The van der Waals surface area contributed by atoms with E-state index in [9.17, 15) is 0 Å². The molecule has 0 aliphatic carbocycles. The fraction of sp³-hybridized carbons (Fsp3) is 0.167. The van der Waals surface area contributed by atoms with E-state index in [1.165, 1.54) is 0 Å². The predicted molar refractivity (Wildman–Crippen MR) is 43.5 cm³/mol. The summed E-state index contributed by atoms with van der Waals surface area (Å²) in [6.45, 7) is 0. The van der Waals surface area contributed by atoms with Gasteiger partial charge in [0.15, 0.2) is 5.65 Å². The molecule has 0 fully saturated rings. The van der Waals surface area contributed by atoms with E-state index < -0.39 is 0 Å². The number of aromatic amines is 1. The Hall–Kier alpha value is -1.10. The first-order chi connectivity index (χ1) is 5.40. The van der Waals surface area contributed by atoms with Gasteiger partial charge in [-0.3, -0.25) is 0 Å². The second-order valence-corrected chi connectivity index (χ2v) is 2.85. The predicted octanol–water partition coefficient (Wildman–Crippen LogP) is 1.07. The zero-order chi connectivity index (χ0) is 7.68. The van der Waals surface area contributed by atoms with Crippen LogP contribution in [-0.4, -0.2) is 26.4 Å². The maximum Gasteiger partial charge on any atom is 0.199 e. The van der Waals surface area contributed by atoms with Gasteiger partial charge in [0.1, 0.15) is 5.03 Å². The Morgan fingerprint density at radius 3 is 3.18 bits per heavy atom. The number of hydrogen-bond donors (Lipinski definition) is 1. The van der Waals surface area contributed by atoms with Crippen molar-refractivity contribution in [2.45, 2.75) is 5.03 Å². The molecule has 5 heteroatoms. The summed E-state index contributed by atoms with van der Waals surface area (Å²) < 4.78 is 0. The van der Waals surface area contributed by atoms with E-state index in [2.05, 4.69) is 20.2 Å². The number of imidazole rings is 1. The smallest absolute Gasteiger partial charge is 0.199 e. The molecule has 4 nitrogen and oxygen atoms in total. The van der Waals surface area contributed by atoms with Gasteiger partial charge in [0, 0.05) is 0 Å². The van der Waals surface area contributed by atoms with Crippen LogP contribution < -0.4 is 0 Å². The molecular weight excluding hydrogens is 160 g/mol. The maximum absolute atomic E-state index is 3.96. The van der Waals surface area contributed by atoms with Crippen molar-refractivity contribution in [2.24, 2.45) is 0 Å². The molecule has 0 saturated heterocycles. The Balaban J connectivity index is 2.67. The summed E-state index contributed by atoms with van der Waals surface area (Å²) in [5.74, 6) is 0. The number of H-pyrrole nitrogens is 1. The van der Waals surface area contributed by atoms with Crippen molar-refractivity contribution in [3.63, 3.8) is 0 Å². The minimum absolute atomic E-state index is 0.669. The molecule has 1 N–H and O–H groups in total. The van der Waals surface area contributed by atoms with E-state index in [-0.39, 0.29) is 0 Å². The minimum atomic E-state index is 0.669. The number of hydrogen-bond acceptors (Lipinski definition) is 4. The van der Waals surface area contributed by atoms with Crippen LogP contribution in [0.15, 0.2) is 17.4 Å². The summed E-state index contributed by atoms with van der Waals surface area (Å²) in [6.07, 6.45) is 3.58. The molecule has 0 radical (unpaired) electrons. The van der Waals surface area contributed by atoms with Gasteiger partial charge in [0.25, 0.3) is 0 Å². The highest BCUT2D eigenvalue weighted by atomic mass is 32.2. The van der Waals surface area contributed by atoms with E-state index in [1.807, 2.05) is 12.3 Å². The number of nitrogens with zero attached hydrogens (tertiary/aromatic N) is 3. The van der Waals surface area contributed by atoms with Gasteiger partial charge in [-0.1, -0.05) is 0 Å². The van der Waals surface area contributed by atoms with Crippen molar-refractivity contribution in [2.75, 3.05) is 6.26 Å².